The van der Waals surface area contributed by atoms with E-state index < -0.39 is 11.6 Å². The summed E-state index contributed by atoms with van der Waals surface area (Å²) in [5, 5.41) is 16.0. The molecule has 0 bridgehead atoms. The van der Waals surface area contributed by atoms with Crippen molar-refractivity contribution in [3.63, 3.8) is 0 Å². The molecule has 42 heavy (non-hydrogen) atoms. The van der Waals surface area contributed by atoms with Crippen LogP contribution in [0, 0.1) is 0 Å². The number of carbonyl (C=O) groups excluding carboxylic acids is 1. The Kier molecular flexibility index (Phi) is 10.9. The van der Waals surface area contributed by atoms with E-state index in [-0.39, 0.29) is 25.0 Å². The molecule has 2 atom stereocenters. The number of rotatable bonds is 15. The van der Waals surface area contributed by atoms with Gasteiger partial charge in [-0.2, -0.15) is 0 Å². The summed E-state index contributed by atoms with van der Waals surface area (Å²) in [6, 6.07) is 24.0. The maximum atomic E-state index is 14.2. The van der Waals surface area contributed by atoms with E-state index in [1.807, 2.05) is 80.6 Å². The Hall–Kier alpha value is -4.37. The second-order valence-electron chi connectivity index (χ2n) is 10.2. The molecule has 0 aliphatic carbocycles. The van der Waals surface area contributed by atoms with Crippen molar-refractivity contribution < 1.29 is 24.1 Å². The van der Waals surface area contributed by atoms with Gasteiger partial charge < -0.3 is 24.6 Å². The van der Waals surface area contributed by atoms with E-state index in [1.165, 1.54) is 0 Å². The lowest BCUT2D eigenvalue weighted by atomic mass is 9.81. The Bertz CT molecular complexity index is 1390. The molecular formula is C32H37N5O5. The number of aliphatic hydroxyl groups is 1. The molecule has 0 spiro atoms. The molecule has 1 aliphatic rings. The first-order valence-corrected chi connectivity index (χ1v) is 14.2. The molecule has 0 radical (unpaired) electrons. The number of nitrogens with one attached hydrogen (secondary N) is 1. The van der Waals surface area contributed by atoms with Crippen LogP contribution in [0.25, 0.3) is 10.4 Å². The molecule has 4 rings (SSSR count). The van der Waals surface area contributed by atoms with Crippen LogP contribution in [0.4, 0.5) is 5.69 Å². The number of benzene rings is 3. The lowest BCUT2D eigenvalue weighted by Crippen LogP contribution is -2.50. The monoisotopic (exact) mass is 571 g/mol. The average Bonchev–Trinajstić information content (AvgIpc) is 3.39. The number of aliphatic imine (C=N–C) groups is 1. The summed E-state index contributed by atoms with van der Waals surface area (Å²) in [6.45, 7) is 5.32. The molecular weight excluding hydrogens is 534 g/mol. The minimum atomic E-state index is -1.40. The van der Waals surface area contributed by atoms with Crippen molar-refractivity contribution >= 4 is 17.5 Å². The van der Waals surface area contributed by atoms with E-state index >= 15 is 0 Å². The lowest BCUT2D eigenvalue weighted by Gasteiger charge is -2.31. The number of hydrogen-bond donors (Lipinski definition) is 2. The third kappa shape index (κ3) is 7.67. The molecule has 3 aromatic carbocycles. The number of hydrogen-bond acceptors (Lipinski definition) is 7. The maximum Gasteiger partial charge on any atom is 0.252 e. The molecule has 2 N–H and O–H groups in total. The van der Waals surface area contributed by atoms with Gasteiger partial charge in [0.15, 0.2) is 11.6 Å². The van der Waals surface area contributed by atoms with Gasteiger partial charge >= 0.3 is 0 Å². The highest BCUT2D eigenvalue weighted by molar-refractivity contribution is 6.01. The van der Waals surface area contributed by atoms with Crippen molar-refractivity contribution in [1.29, 1.82) is 0 Å². The van der Waals surface area contributed by atoms with Crippen molar-refractivity contribution in [1.82, 2.24) is 5.32 Å². The Balaban J connectivity index is 1.74. The van der Waals surface area contributed by atoms with Gasteiger partial charge in [-0.3, -0.25) is 4.79 Å². The molecule has 0 unspecified atom stereocenters. The average molecular weight is 572 g/mol. The zero-order valence-electron chi connectivity index (χ0n) is 24.0. The van der Waals surface area contributed by atoms with Crippen molar-refractivity contribution in [2.45, 2.75) is 50.9 Å². The van der Waals surface area contributed by atoms with Gasteiger partial charge in [-0.05, 0) is 61.2 Å². The predicted molar refractivity (Wildman–Crippen MR) is 161 cm³/mol. The summed E-state index contributed by atoms with van der Waals surface area (Å²) in [7, 11) is 0. The van der Waals surface area contributed by atoms with E-state index in [1.54, 1.807) is 12.1 Å². The van der Waals surface area contributed by atoms with Crippen LogP contribution in [0.5, 0.6) is 5.75 Å². The fraction of sp³-hybridized carbons (Fsp3) is 0.375. The van der Waals surface area contributed by atoms with E-state index in [2.05, 4.69) is 15.3 Å². The zero-order valence-corrected chi connectivity index (χ0v) is 24.0. The van der Waals surface area contributed by atoms with Gasteiger partial charge in [-0.15, -0.1) is 0 Å². The number of aliphatic hydroxyl groups excluding tert-OH is 1. The van der Waals surface area contributed by atoms with Crippen LogP contribution >= 0.6 is 0 Å². The summed E-state index contributed by atoms with van der Waals surface area (Å²) in [6.07, 6.45) is 0.672. The van der Waals surface area contributed by atoms with E-state index in [4.69, 9.17) is 24.3 Å². The summed E-state index contributed by atoms with van der Waals surface area (Å²) in [5.74, 6) is 0.683. The van der Waals surface area contributed by atoms with Crippen LogP contribution in [0.2, 0.25) is 0 Å². The van der Waals surface area contributed by atoms with Crippen LogP contribution in [0.1, 0.15) is 49.5 Å². The molecule has 0 saturated carbocycles. The largest absolute Gasteiger partial charge is 0.494 e. The van der Waals surface area contributed by atoms with Gasteiger partial charge in [-0.25, -0.2) is 4.99 Å². The molecule has 220 valence electrons. The highest BCUT2D eigenvalue weighted by Crippen LogP contribution is 2.43. The minimum Gasteiger partial charge on any atom is -0.494 e. The topological polar surface area (TPSA) is 138 Å². The first-order chi connectivity index (χ1) is 20.5. The summed E-state index contributed by atoms with van der Waals surface area (Å²) in [4.78, 5) is 22.2. The first-order valence-electron chi connectivity index (χ1n) is 14.2. The van der Waals surface area contributed by atoms with Crippen LogP contribution in [0.15, 0.2) is 89.0 Å². The number of amides is 1. The smallest absolute Gasteiger partial charge is 0.252 e. The summed E-state index contributed by atoms with van der Waals surface area (Å²) < 4.78 is 17.8. The van der Waals surface area contributed by atoms with Crippen molar-refractivity contribution in [2.24, 2.45) is 10.1 Å². The fourth-order valence-corrected chi connectivity index (χ4v) is 4.75. The molecule has 0 aromatic heterocycles. The molecule has 1 heterocycles. The molecule has 10 heteroatoms. The van der Waals surface area contributed by atoms with Gasteiger partial charge in [0.05, 0.1) is 12.7 Å². The summed E-state index contributed by atoms with van der Waals surface area (Å²) >= 11 is 0. The third-order valence-electron chi connectivity index (χ3n) is 6.79. The van der Waals surface area contributed by atoms with Crippen LogP contribution in [0.3, 0.4) is 0 Å². The Morgan fingerprint density at radius 3 is 2.52 bits per heavy atom. The quantitative estimate of drug-likeness (QED) is 0.102. The maximum absolute atomic E-state index is 14.2. The van der Waals surface area contributed by atoms with Gasteiger partial charge in [0.2, 0.25) is 5.90 Å². The molecule has 10 nitrogen and oxygen atoms in total. The van der Waals surface area contributed by atoms with Crippen molar-refractivity contribution in [3.05, 3.63) is 106 Å². The Labute approximate surface area is 246 Å². The molecule has 1 aliphatic heterocycles. The molecule has 0 saturated heterocycles. The molecule has 1 amide bonds. The second-order valence-corrected chi connectivity index (χ2v) is 10.2. The number of nitrogens with zero attached hydrogens (tertiary/aromatic N) is 4. The Morgan fingerprint density at radius 1 is 1.07 bits per heavy atom. The first kappa shape index (κ1) is 30.6. The number of ether oxygens (including phenoxy) is 3. The number of carbonyl (C=O) groups is 1. The second kappa shape index (κ2) is 15.0. The Morgan fingerprint density at radius 2 is 1.81 bits per heavy atom. The highest BCUT2D eigenvalue weighted by Gasteiger charge is 2.53. The van der Waals surface area contributed by atoms with Crippen LogP contribution < -0.4 is 10.1 Å². The SMILES string of the molecule is CC(C)OCCCNC(=O)[C@]1(Cc2ccccc2N=[N+]=[N-])N=C(c2ccc(OCCCO)cc2)O[C@@H]1c1ccccc1. The predicted octanol–water partition coefficient (Wildman–Crippen LogP) is 5.82. The van der Waals surface area contributed by atoms with Crippen molar-refractivity contribution in [2.75, 3.05) is 26.4 Å². The number of azide groups is 1. The van der Waals surface area contributed by atoms with Gasteiger partial charge in [0.25, 0.3) is 5.91 Å². The fourth-order valence-electron chi connectivity index (χ4n) is 4.75. The van der Waals surface area contributed by atoms with Crippen LogP contribution in [-0.2, 0) is 20.7 Å². The molecule has 3 aromatic rings. The summed E-state index contributed by atoms with van der Waals surface area (Å²) in [5.41, 5.74) is 10.4. The van der Waals surface area contributed by atoms with E-state index in [0.29, 0.717) is 61.1 Å². The van der Waals surface area contributed by atoms with Gasteiger partial charge in [0, 0.05) is 48.8 Å². The minimum absolute atomic E-state index is 0.0569. The third-order valence-corrected chi connectivity index (χ3v) is 6.79. The highest BCUT2D eigenvalue weighted by atomic mass is 16.5. The van der Waals surface area contributed by atoms with E-state index in [0.717, 1.165) is 5.56 Å². The molecule has 0 fully saturated rings. The standard InChI is InChI=1S/C32H37N5O5/c1-23(2)40-20-8-18-34-31(39)32(22-26-12-6-7-13-28(26)36-37-33)29(24-10-4-3-5-11-24)42-30(35-32)25-14-16-27(17-15-25)41-21-9-19-38/h3-7,10-17,23,29,38H,8-9,18-22H2,1-2H3,(H,34,39)/t29-,32-/m1/s1. The van der Waals surface area contributed by atoms with Crippen molar-refractivity contribution in [3.8, 4) is 5.75 Å². The normalized spacial score (nSPS) is 17.7. The lowest BCUT2D eigenvalue weighted by molar-refractivity contribution is -0.129. The van der Waals surface area contributed by atoms with Gasteiger partial charge in [-0.1, -0.05) is 59.7 Å². The van der Waals surface area contributed by atoms with Gasteiger partial charge in [0.1, 0.15) is 5.75 Å². The van der Waals surface area contributed by atoms with E-state index in [9.17, 15) is 10.3 Å². The van der Waals surface area contributed by atoms with Crippen LogP contribution in [-0.4, -0.2) is 54.9 Å². The zero-order chi connectivity index (χ0) is 29.8.